The molecular formula is C19H22N4O5S. The minimum absolute atomic E-state index is 0.144. The number of primary sulfonamides is 1. The number of imide groups is 1. The van der Waals surface area contributed by atoms with Crippen molar-refractivity contribution in [2.24, 2.45) is 5.14 Å². The first kappa shape index (κ1) is 20.7. The van der Waals surface area contributed by atoms with Crippen LogP contribution in [0.4, 0.5) is 4.79 Å². The van der Waals surface area contributed by atoms with Gasteiger partial charge in [0.1, 0.15) is 12.6 Å². The van der Waals surface area contributed by atoms with Crippen LogP contribution in [0.2, 0.25) is 0 Å². The summed E-state index contributed by atoms with van der Waals surface area (Å²) < 4.78 is 22.1. The third-order valence-corrected chi connectivity index (χ3v) is 5.56. The molecule has 0 spiro atoms. The smallest absolute Gasteiger partial charge is 0.325 e. The van der Waals surface area contributed by atoms with Gasteiger partial charge in [0, 0.05) is 0 Å². The third-order valence-electron chi connectivity index (χ3n) is 4.75. The number of sulfonamides is 1. The van der Waals surface area contributed by atoms with Crippen molar-refractivity contribution in [3.8, 4) is 0 Å². The van der Waals surface area contributed by atoms with E-state index in [0.29, 0.717) is 0 Å². The van der Waals surface area contributed by atoms with Gasteiger partial charge in [0.15, 0.2) is 0 Å². The Morgan fingerprint density at radius 2 is 1.90 bits per heavy atom. The van der Waals surface area contributed by atoms with Gasteiger partial charge < -0.3 is 10.6 Å². The number of carbonyl (C=O) groups excluding carboxylic acids is 3. The summed E-state index contributed by atoms with van der Waals surface area (Å²) in [4.78, 5) is 37.4. The molecule has 1 heterocycles. The maximum Gasteiger partial charge on any atom is 0.325 e. The number of hydrogen-bond donors (Lipinski definition) is 3. The molecule has 1 saturated heterocycles. The highest BCUT2D eigenvalue weighted by molar-refractivity contribution is 7.89. The summed E-state index contributed by atoms with van der Waals surface area (Å²) in [5.41, 5.74) is 0.889. The minimum atomic E-state index is -3.76. The molecule has 10 heteroatoms. The minimum Gasteiger partial charge on any atom is -0.348 e. The van der Waals surface area contributed by atoms with Gasteiger partial charge in [-0.05, 0) is 35.7 Å². The van der Waals surface area contributed by atoms with Gasteiger partial charge in [0.05, 0.1) is 11.8 Å². The van der Waals surface area contributed by atoms with Crippen LogP contribution in [-0.2, 0) is 19.6 Å². The van der Waals surface area contributed by atoms with Crippen molar-refractivity contribution in [3.63, 3.8) is 0 Å². The van der Waals surface area contributed by atoms with Crippen LogP contribution in [0.1, 0.15) is 24.9 Å². The van der Waals surface area contributed by atoms with E-state index < -0.39 is 46.2 Å². The van der Waals surface area contributed by atoms with Gasteiger partial charge in [0.25, 0.3) is 5.91 Å². The summed E-state index contributed by atoms with van der Waals surface area (Å²) in [6.45, 7) is 1.36. The normalized spacial score (nSPS) is 18.0. The van der Waals surface area contributed by atoms with Gasteiger partial charge in [-0.3, -0.25) is 14.5 Å². The van der Waals surface area contributed by atoms with E-state index in [2.05, 4.69) is 10.6 Å². The average Bonchev–Trinajstić information content (AvgIpc) is 2.93. The molecule has 2 atom stereocenters. The lowest BCUT2D eigenvalue weighted by atomic mass is 10.0. The first-order valence-corrected chi connectivity index (χ1v) is 10.8. The molecule has 0 aliphatic carbocycles. The SMILES string of the molecule is CC(NC(=O)CN1C(=O)NC(CCS(N)(=O)=O)C1=O)c1ccc2ccccc2c1. The lowest BCUT2D eigenvalue weighted by Gasteiger charge is -2.18. The summed E-state index contributed by atoms with van der Waals surface area (Å²) >= 11 is 0. The number of fused-ring (bicyclic) bond motifs is 1. The zero-order valence-corrected chi connectivity index (χ0v) is 16.6. The highest BCUT2D eigenvalue weighted by atomic mass is 32.2. The van der Waals surface area contributed by atoms with E-state index >= 15 is 0 Å². The number of urea groups is 1. The quantitative estimate of drug-likeness (QED) is 0.566. The Hall–Kier alpha value is -2.98. The lowest BCUT2D eigenvalue weighted by molar-refractivity contribution is -0.132. The van der Waals surface area contributed by atoms with E-state index in [0.717, 1.165) is 21.2 Å². The van der Waals surface area contributed by atoms with E-state index in [1.807, 2.05) is 49.4 Å². The Kier molecular flexibility index (Phi) is 5.85. The number of amides is 4. The molecule has 1 aliphatic heterocycles. The Balaban J connectivity index is 1.60. The average molecular weight is 418 g/mol. The molecule has 3 rings (SSSR count). The van der Waals surface area contributed by atoms with E-state index in [9.17, 15) is 22.8 Å². The largest absolute Gasteiger partial charge is 0.348 e. The molecule has 1 fully saturated rings. The second-order valence-corrected chi connectivity index (χ2v) is 8.71. The first-order chi connectivity index (χ1) is 13.6. The molecule has 4 N–H and O–H groups in total. The molecule has 2 aromatic carbocycles. The Bertz CT molecular complexity index is 1070. The third kappa shape index (κ3) is 5.09. The molecule has 29 heavy (non-hydrogen) atoms. The summed E-state index contributed by atoms with van der Waals surface area (Å²) in [5, 5.41) is 12.2. The van der Waals surface area contributed by atoms with Gasteiger partial charge in [-0.25, -0.2) is 18.4 Å². The molecule has 9 nitrogen and oxygen atoms in total. The van der Waals surface area contributed by atoms with Crippen LogP contribution in [0.25, 0.3) is 10.8 Å². The molecule has 0 saturated carbocycles. The highest BCUT2D eigenvalue weighted by Gasteiger charge is 2.39. The van der Waals surface area contributed by atoms with Crippen LogP contribution in [0.15, 0.2) is 42.5 Å². The van der Waals surface area contributed by atoms with E-state index in [1.165, 1.54) is 0 Å². The maximum atomic E-state index is 12.4. The maximum absolute atomic E-state index is 12.4. The van der Waals surface area contributed by atoms with Crippen molar-refractivity contribution >= 4 is 38.6 Å². The molecule has 154 valence electrons. The Morgan fingerprint density at radius 3 is 2.59 bits per heavy atom. The number of nitrogens with one attached hydrogen (secondary N) is 2. The molecular weight excluding hydrogens is 396 g/mol. The van der Waals surface area contributed by atoms with Crippen LogP contribution in [-0.4, -0.2) is 49.5 Å². The van der Waals surface area contributed by atoms with Crippen LogP contribution < -0.4 is 15.8 Å². The predicted octanol–water partition coefficient (Wildman–Crippen LogP) is 0.616. The first-order valence-electron chi connectivity index (χ1n) is 9.04. The standard InChI is InChI=1S/C19H22N4O5S/c1-12(14-7-6-13-4-2-3-5-15(13)10-14)21-17(24)11-23-18(25)16(22-19(23)26)8-9-29(20,27)28/h2-7,10,12,16H,8-9,11H2,1H3,(H,21,24)(H,22,26)(H2,20,27,28). The van der Waals surface area contributed by atoms with Crippen molar-refractivity contribution < 1.29 is 22.8 Å². The van der Waals surface area contributed by atoms with Crippen molar-refractivity contribution in [1.82, 2.24) is 15.5 Å². The van der Waals surface area contributed by atoms with Crippen LogP contribution in [0.3, 0.4) is 0 Å². The number of benzene rings is 2. The fraction of sp³-hybridized carbons (Fsp3) is 0.316. The Labute approximate surface area is 168 Å². The van der Waals surface area contributed by atoms with E-state index in [-0.39, 0.29) is 12.5 Å². The van der Waals surface area contributed by atoms with Crippen LogP contribution in [0, 0.1) is 0 Å². The number of nitrogens with two attached hydrogens (primary N) is 1. The number of hydrogen-bond acceptors (Lipinski definition) is 5. The molecule has 0 bridgehead atoms. The zero-order chi connectivity index (χ0) is 21.2. The summed E-state index contributed by atoms with van der Waals surface area (Å²) in [6, 6.07) is 11.6. The second-order valence-electron chi connectivity index (χ2n) is 6.98. The second kappa shape index (κ2) is 8.18. The summed E-state index contributed by atoms with van der Waals surface area (Å²) in [5.74, 6) is -1.59. The summed E-state index contributed by atoms with van der Waals surface area (Å²) in [7, 11) is -3.76. The molecule has 2 unspecified atom stereocenters. The number of rotatable bonds is 7. The fourth-order valence-electron chi connectivity index (χ4n) is 3.20. The fourth-order valence-corrected chi connectivity index (χ4v) is 3.76. The lowest BCUT2D eigenvalue weighted by Crippen LogP contribution is -2.42. The Morgan fingerprint density at radius 1 is 1.21 bits per heavy atom. The molecule has 1 aliphatic rings. The van der Waals surface area contributed by atoms with Crippen molar-refractivity contribution in [2.45, 2.75) is 25.4 Å². The predicted molar refractivity (Wildman–Crippen MR) is 107 cm³/mol. The molecule has 0 aromatic heterocycles. The topological polar surface area (TPSA) is 139 Å². The molecule has 0 radical (unpaired) electrons. The van der Waals surface area contributed by atoms with Crippen molar-refractivity contribution in [1.29, 1.82) is 0 Å². The van der Waals surface area contributed by atoms with Gasteiger partial charge in [-0.15, -0.1) is 0 Å². The molecule has 2 aromatic rings. The van der Waals surface area contributed by atoms with Gasteiger partial charge >= 0.3 is 6.03 Å². The van der Waals surface area contributed by atoms with E-state index in [4.69, 9.17) is 5.14 Å². The monoisotopic (exact) mass is 418 g/mol. The van der Waals surface area contributed by atoms with Gasteiger partial charge in [-0.1, -0.05) is 36.4 Å². The van der Waals surface area contributed by atoms with Crippen LogP contribution in [0.5, 0.6) is 0 Å². The number of nitrogens with zero attached hydrogens (tertiary/aromatic N) is 1. The number of carbonyl (C=O) groups is 3. The van der Waals surface area contributed by atoms with Crippen molar-refractivity contribution in [3.05, 3.63) is 48.0 Å². The van der Waals surface area contributed by atoms with Gasteiger partial charge in [-0.2, -0.15) is 0 Å². The van der Waals surface area contributed by atoms with Crippen LogP contribution >= 0.6 is 0 Å². The molecule has 4 amide bonds. The summed E-state index contributed by atoms with van der Waals surface area (Å²) in [6.07, 6.45) is -0.144. The van der Waals surface area contributed by atoms with Crippen molar-refractivity contribution in [2.75, 3.05) is 12.3 Å². The van der Waals surface area contributed by atoms with Gasteiger partial charge in [0.2, 0.25) is 15.9 Å². The highest BCUT2D eigenvalue weighted by Crippen LogP contribution is 2.20. The zero-order valence-electron chi connectivity index (χ0n) is 15.8. The van der Waals surface area contributed by atoms with E-state index in [1.54, 1.807) is 0 Å².